The van der Waals surface area contributed by atoms with Crippen molar-refractivity contribution in [2.75, 3.05) is 19.7 Å². The molecule has 1 saturated heterocycles. The molecule has 18 heavy (non-hydrogen) atoms. The summed E-state index contributed by atoms with van der Waals surface area (Å²) in [6, 6.07) is -0.329. The van der Waals surface area contributed by atoms with Crippen LogP contribution >= 0.6 is 0 Å². The minimum atomic E-state index is -1.08. The minimum Gasteiger partial charge on any atom is -0.480 e. The molecule has 0 aromatic rings. The van der Waals surface area contributed by atoms with E-state index in [1.165, 1.54) is 4.90 Å². The van der Waals surface area contributed by atoms with Gasteiger partial charge in [-0.15, -0.1) is 0 Å². The molecule has 1 fully saturated rings. The van der Waals surface area contributed by atoms with Crippen molar-refractivity contribution in [2.45, 2.75) is 45.3 Å². The monoisotopic (exact) mass is 258 g/mol. The van der Waals surface area contributed by atoms with E-state index < -0.39 is 11.5 Å². The lowest BCUT2D eigenvalue weighted by atomic mass is 10.00. The number of carboxylic acids is 1. The van der Waals surface area contributed by atoms with E-state index in [-0.39, 0.29) is 12.1 Å². The van der Waals surface area contributed by atoms with Gasteiger partial charge in [0.15, 0.2) is 0 Å². The van der Waals surface area contributed by atoms with Gasteiger partial charge in [-0.3, -0.25) is 0 Å². The summed E-state index contributed by atoms with van der Waals surface area (Å²) in [4.78, 5) is 24.5. The molecule has 1 aliphatic heterocycles. The summed E-state index contributed by atoms with van der Waals surface area (Å²) >= 11 is 0. The predicted molar refractivity (Wildman–Crippen MR) is 66.5 cm³/mol. The number of nitrogens with one attached hydrogen (secondary N) is 1. The van der Waals surface area contributed by atoms with Crippen LogP contribution in [0.4, 0.5) is 4.79 Å². The highest BCUT2D eigenvalue weighted by molar-refractivity contribution is 5.86. The first-order chi connectivity index (χ1) is 8.38. The second kappa shape index (κ2) is 6.04. The van der Waals surface area contributed by atoms with Crippen molar-refractivity contribution < 1.29 is 19.4 Å². The van der Waals surface area contributed by atoms with Crippen LogP contribution in [0.3, 0.4) is 0 Å². The van der Waals surface area contributed by atoms with Crippen LogP contribution in [0.2, 0.25) is 0 Å². The summed E-state index contributed by atoms with van der Waals surface area (Å²) in [5.74, 6) is -0.950. The van der Waals surface area contributed by atoms with Crippen LogP contribution in [0.5, 0.6) is 0 Å². The Morgan fingerprint density at radius 3 is 2.72 bits per heavy atom. The number of ether oxygens (including phenoxy) is 1. The van der Waals surface area contributed by atoms with Gasteiger partial charge in [-0.2, -0.15) is 0 Å². The van der Waals surface area contributed by atoms with Gasteiger partial charge in [-0.25, -0.2) is 9.59 Å². The van der Waals surface area contributed by atoms with Crippen molar-refractivity contribution in [3.63, 3.8) is 0 Å². The largest absolute Gasteiger partial charge is 0.480 e. The SMILES string of the molecule is CC(C)OCCNC(=O)N1CCCC1(C)C(=O)O. The number of carbonyl (C=O) groups excluding carboxylic acids is 1. The molecule has 2 amide bonds. The van der Waals surface area contributed by atoms with Crippen molar-refractivity contribution in [2.24, 2.45) is 0 Å². The molecule has 2 N–H and O–H groups in total. The zero-order valence-corrected chi connectivity index (χ0v) is 11.2. The number of aliphatic carboxylic acids is 1. The molecule has 0 radical (unpaired) electrons. The Bertz CT molecular complexity index is 319. The van der Waals surface area contributed by atoms with Gasteiger partial charge in [-0.1, -0.05) is 0 Å². The summed E-state index contributed by atoms with van der Waals surface area (Å²) in [6.07, 6.45) is 1.34. The standard InChI is InChI=1S/C12H22N2O4/c1-9(2)18-8-6-13-11(17)14-7-4-5-12(14,3)10(15)16/h9H,4-8H2,1-3H3,(H,13,17)(H,15,16). The summed E-state index contributed by atoms with van der Waals surface area (Å²) < 4.78 is 5.30. The third-order valence-corrected chi connectivity index (χ3v) is 3.18. The molecule has 1 atom stereocenters. The molecule has 0 bridgehead atoms. The van der Waals surface area contributed by atoms with Crippen LogP contribution in [-0.4, -0.2) is 53.3 Å². The zero-order chi connectivity index (χ0) is 13.8. The fourth-order valence-electron chi connectivity index (χ4n) is 2.06. The summed E-state index contributed by atoms with van der Waals surface area (Å²) in [7, 11) is 0. The third kappa shape index (κ3) is 3.35. The van der Waals surface area contributed by atoms with Gasteiger partial charge in [0, 0.05) is 13.1 Å². The topological polar surface area (TPSA) is 78.9 Å². The summed E-state index contributed by atoms with van der Waals surface area (Å²) in [5.41, 5.74) is -1.08. The van der Waals surface area contributed by atoms with Crippen LogP contribution in [0, 0.1) is 0 Å². The van der Waals surface area contributed by atoms with E-state index in [4.69, 9.17) is 4.74 Å². The third-order valence-electron chi connectivity index (χ3n) is 3.18. The first kappa shape index (κ1) is 14.8. The Morgan fingerprint density at radius 1 is 1.50 bits per heavy atom. The Morgan fingerprint density at radius 2 is 2.17 bits per heavy atom. The number of carboxylic acid groups (broad SMARTS) is 1. The van der Waals surface area contributed by atoms with Gasteiger partial charge in [0.2, 0.25) is 0 Å². The maximum atomic E-state index is 11.9. The summed E-state index contributed by atoms with van der Waals surface area (Å²) in [6.45, 7) is 6.74. The van der Waals surface area contributed by atoms with Gasteiger partial charge in [0.05, 0.1) is 12.7 Å². The maximum absolute atomic E-state index is 11.9. The first-order valence-corrected chi connectivity index (χ1v) is 6.28. The van der Waals surface area contributed by atoms with Gasteiger partial charge in [0.25, 0.3) is 0 Å². The van der Waals surface area contributed by atoms with Gasteiger partial charge < -0.3 is 20.1 Å². The van der Waals surface area contributed by atoms with Crippen LogP contribution in [0.25, 0.3) is 0 Å². The van der Waals surface area contributed by atoms with E-state index in [0.717, 1.165) is 6.42 Å². The smallest absolute Gasteiger partial charge is 0.329 e. The average Bonchev–Trinajstić information content (AvgIpc) is 2.67. The minimum absolute atomic E-state index is 0.123. The maximum Gasteiger partial charge on any atom is 0.329 e. The van der Waals surface area contributed by atoms with Crippen molar-refractivity contribution in [1.82, 2.24) is 10.2 Å². The number of hydrogen-bond donors (Lipinski definition) is 2. The van der Waals surface area contributed by atoms with E-state index in [0.29, 0.717) is 26.1 Å². The van der Waals surface area contributed by atoms with Crippen LogP contribution < -0.4 is 5.32 Å². The lowest BCUT2D eigenvalue weighted by molar-refractivity contribution is -0.147. The van der Waals surface area contributed by atoms with Gasteiger partial charge in [0.1, 0.15) is 5.54 Å². The molecule has 1 rings (SSSR count). The number of rotatable bonds is 5. The summed E-state index contributed by atoms with van der Waals surface area (Å²) in [5, 5.41) is 11.9. The number of amides is 2. The molecule has 6 nitrogen and oxygen atoms in total. The second-order valence-corrected chi connectivity index (χ2v) is 4.99. The molecule has 1 aliphatic rings. The fraction of sp³-hybridized carbons (Fsp3) is 0.833. The Labute approximate surface area is 107 Å². The van der Waals surface area contributed by atoms with E-state index in [9.17, 15) is 14.7 Å². The van der Waals surface area contributed by atoms with Crippen LogP contribution in [0.1, 0.15) is 33.6 Å². The van der Waals surface area contributed by atoms with Crippen LogP contribution in [-0.2, 0) is 9.53 Å². The highest BCUT2D eigenvalue weighted by atomic mass is 16.5. The number of nitrogens with zero attached hydrogens (tertiary/aromatic N) is 1. The Kier molecular flexibility index (Phi) is 4.95. The molecule has 0 aromatic heterocycles. The van der Waals surface area contributed by atoms with Crippen molar-refractivity contribution >= 4 is 12.0 Å². The average molecular weight is 258 g/mol. The molecule has 6 heteroatoms. The fourth-order valence-corrected chi connectivity index (χ4v) is 2.06. The molecule has 0 saturated carbocycles. The lowest BCUT2D eigenvalue weighted by Gasteiger charge is -2.31. The van der Waals surface area contributed by atoms with Gasteiger partial charge >= 0.3 is 12.0 Å². The number of urea groups is 1. The van der Waals surface area contributed by atoms with Crippen molar-refractivity contribution in [3.8, 4) is 0 Å². The zero-order valence-electron chi connectivity index (χ0n) is 11.2. The predicted octanol–water partition coefficient (Wildman–Crippen LogP) is 1.06. The van der Waals surface area contributed by atoms with E-state index in [1.54, 1.807) is 6.92 Å². The molecule has 1 heterocycles. The lowest BCUT2D eigenvalue weighted by Crippen LogP contribution is -2.54. The molecule has 0 aliphatic carbocycles. The number of likely N-dealkylation sites (tertiary alicyclic amines) is 1. The molecule has 0 aromatic carbocycles. The Balaban J connectivity index is 2.44. The van der Waals surface area contributed by atoms with Crippen LogP contribution in [0.15, 0.2) is 0 Å². The van der Waals surface area contributed by atoms with Gasteiger partial charge in [-0.05, 0) is 33.6 Å². The number of carbonyl (C=O) groups is 2. The van der Waals surface area contributed by atoms with E-state index >= 15 is 0 Å². The van der Waals surface area contributed by atoms with E-state index in [1.807, 2.05) is 13.8 Å². The highest BCUT2D eigenvalue weighted by Gasteiger charge is 2.45. The van der Waals surface area contributed by atoms with Crippen molar-refractivity contribution in [1.29, 1.82) is 0 Å². The molecule has 1 unspecified atom stereocenters. The molecule has 0 spiro atoms. The number of hydrogen-bond acceptors (Lipinski definition) is 3. The highest BCUT2D eigenvalue weighted by Crippen LogP contribution is 2.28. The normalized spacial score (nSPS) is 23.4. The molecular weight excluding hydrogens is 236 g/mol. The first-order valence-electron chi connectivity index (χ1n) is 6.28. The Hall–Kier alpha value is -1.30. The molecule has 104 valence electrons. The molecular formula is C12H22N2O4. The van der Waals surface area contributed by atoms with Crippen molar-refractivity contribution in [3.05, 3.63) is 0 Å². The second-order valence-electron chi connectivity index (χ2n) is 4.99. The quantitative estimate of drug-likeness (QED) is 0.723. The van der Waals surface area contributed by atoms with E-state index in [2.05, 4.69) is 5.32 Å².